The van der Waals surface area contributed by atoms with Crippen molar-refractivity contribution in [3.63, 3.8) is 0 Å². The van der Waals surface area contributed by atoms with Gasteiger partial charge in [-0.1, -0.05) is 0 Å². The van der Waals surface area contributed by atoms with E-state index in [1.807, 2.05) is 19.9 Å². The maximum Gasteiger partial charge on any atom is 0.317 e. The Bertz CT molecular complexity index is 888. The average Bonchev–Trinajstić information content (AvgIpc) is 2.61. The highest BCUT2D eigenvalue weighted by Gasteiger charge is 2.26. The first-order valence-corrected chi connectivity index (χ1v) is 9.13. The van der Waals surface area contributed by atoms with Gasteiger partial charge in [0.25, 0.3) is 5.56 Å². The smallest absolute Gasteiger partial charge is 0.317 e. The van der Waals surface area contributed by atoms with Crippen LogP contribution >= 0.6 is 0 Å². The van der Waals surface area contributed by atoms with Crippen LogP contribution in [-0.2, 0) is 11.3 Å². The van der Waals surface area contributed by atoms with Crippen molar-refractivity contribution in [2.75, 3.05) is 13.1 Å². The quantitative estimate of drug-likeness (QED) is 0.806. The lowest BCUT2D eigenvalue weighted by Crippen LogP contribution is -2.46. The fourth-order valence-corrected chi connectivity index (χ4v) is 3.19. The summed E-state index contributed by atoms with van der Waals surface area (Å²) >= 11 is 0. The molecule has 1 saturated heterocycles. The third-order valence-electron chi connectivity index (χ3n) is 4.79. The monoisotopic (exact) mass is 371 g/mol. The Kier molecular flexibility index (Phi) is 5.53. The van der Waals surface area contributed by atoms with Crippen LogP contribution in [0.5, 0.6) is 6.01 Å². The van der Waals surface area contributed by atoms with E-state index in [9.17, 15) is 9.59 Å². The van der Waals surface area contributed by atoms with Crippen LogP contribution in [0, 0.1) is 27.7 Å². The third-order valence-corrected chi connectivity index (χ3v) is 4.79. The van der Waals surface area contributed by atoms with Gasteiger partial charge >= 0.3 is 6.01 Å². The fourth-order valence-electron chi connectivity index (χ4n) is 3.19. The molecule has 0 spiro atoms. The first kappa shape index (κ1) is 19.0. The molecule has 0 N–H and O–H groups in total. The number of hydrogen-bond donors (Lipinski definition) is 0. The van der Waals surface area contributed by atoms with Gasteiger partial charge in [0.15, 0.2) is 0 Å². The standard InChI is InChI=1S/C19H25N5O3/c1-12-8-13(2)22-19(21-12)27-16-6-5-7-23(9-16)17(25)10-24-11-20-15(4)14(3)18(24)26/h8,11,16H,5-7,9-10H2,1-4H3. The molecule has 8 nitrogen and oxygen atoms in total. The molecule has 0 bridgehead atoms. The first-order valence-electron chi connectivity index (χ1n) is 9.13. The average molecular weight is 371 g/mol. The molecule has 1 unspecified atom stereocenters. The van der Waals surface area contributed by atoms with Crippen LogP contribution in [-0.4, -0.2) is 49.5 Å². The van der Waals surface area contributed by atoms with Gasteiger partial charge in [-0.3, -0.25) is 14.2 Å². The molecule has 0 aliphatic carbocycles. The summed E-state index contributed by atoms with van der Waals surface area (Å²) in [4.78, 5) is 39.5. The number of carbonyl (C=O) groups is 1. The zero-order valence-electron chi connectivity index (χ0n) is 16.2. The van der Waals surface area contributed by atoms with E-state index in [4.69, 9.17) is 4.74 Å². The molecule has 8 heteroatoms. The summed E-state index contributed by atoms with van der Waals surface area (Å²) in [6.07, 6.45) is 2.95. The van der Waals surface area contributed by atoms with E-state index >= 15 is 0 Å². The van der Waals surface area contributed by atoms with Gasteiger partial charge in [0.1, 0.15) is 12.6 Å². The summed E-state index contributed by atoms with van der Waals surface area (Å²) in [5, 5.41) is 0. The van der Waals surface area contributed by atoms with Gasteiger partial charge in [-0.2, -0.15) is 0 Å². The largest absolute Gasteiger partial charge is 0.458 e. The first-order chi connectivity index (χ1) is 12.8. The minimum atomic E-state index is -0.177. The molecular formula is C19H25N5O3. The Morgan fingerprint density at radius 2 is 1.93 bits per heavy atom. The van der Waals surface area contributed by atoms with Crippen molar-refractivity contribution in [2.45, 2.75) is 53.2 Å². The summed E-state index contributed by atoms with van der Waals surface area (Å²) in [6.45, 7) is 8.40. The Labute approximate surface area is 158 Å². The van der Waals surface area contributed by atoms with Crippen molar-refractivity contribution < 1.29 is 9.53 Å². The molecule has 3 heterocycles. The van der Waals surface area contributed by atoms with Crippen molar-refractivity contribution in [1.82, 2.24) is 24.4 Å². The maximum atomic E-state index is 12.7. The lowest BCUT2D eigenvalue weighted by Gasteiger charge is -2.32. The number of piperidine rings is 1. The Morgan fingerprint density at radius 3 is 2.63 bits per heavy atom. The number of amides is 1. The number of hydrogen-bond acceptors (Lipinski definition) is 6. The Balaban J connectivity index is 1.66. The van der Waals surface area contributed by atoms with E-state index in [1.165, 1.54) is 10.9 Å². The minimum Gasteiger partial charge on any atom is -0.458 e. The molecule has 1 atom stereocenters. The van der Waals surface area contributed by atoms with E-state index in [2.05, 4.69) is 15.0 Å². The highest BCUT2D eigenvalue weighted by molar-refractivity contribution is 5.76. The van der Waals surface area contributed by atoms with E-state index in [0.717, 1.165) is 24.2 Å². The molecule has 1 fully saturated rings. The predicted octanol–water partition coefficient (Wildman–Crippen LogP) is 1.34. The second-order valence-electron chi connectivity index (χ2n) is 7.04. The molecule has 2 aromatic heterocycles. The Hall–Kier alpha value is -2.77. The molecule has 1 aliphatic rings. The molecule has 0 aromatic carbocycles. The number of carbonyl (C=O) groups excluding carboxylic acids is 1. The highest BCUT2D eigenvalue weighted by atomic mass is 16.5. The predicted molar refractivity (Wildman–Crippen MR) is 99.7 cm³/mol. The second kappa shape index (κ2) is 7.85. The van der Waals surface area contributed by atoms with Crippen LogP contribution in [0.2, 0.25) is 0 Å². The van der Waals surface area contributed by atoms with E-state index in [0.29, 0.717) is 30.4 Å². The minimum absolute atomic E-state index is 0.0142. The molecular weight excluding hydrogens is 346 g/mol. The van der Waals surface area contributed by atoms with E-state index in [-0.39, 0.29) is 24.1 Å². The molecule has 144 valence electrons. The van der Waals surface area contributed by atoms with Crippen molar-refractivity contribution in [3.05, 3.63) is 45.4 Å². The molecule has 0 radical (unpaired) electrons. The molecule has 3 rings (SSSR count). The number of nitrogens with zero attached hydrogens (tertiary/aromatic N) is 5. The summed E-state index contributed by atoms with van der Waals surface area (Å²) < 4.78 is 7.27. The zero-order valence-corrected chi connectivity index (χ0v) is 16.2. The van der Waals surface area contributed by atoms with Gasteiger partial charge in [-0.15, -0.1) is 0 Å². The lowest BCUT2D eigenvalue weighted by molar-refractivity contribution is -0.134. The van der Waals surface area contributed by atoms with Crippen LogP contribution in [0.4, 0.5) is 0 Å². The molecule has 27 heavy (non-hydrogen) atoms. The van der Waals surface area contributed by atoms with Gasteiger partial charge < -0.3 is 9.64 Å². The number of likely N-dealkylation sites (tertiary alicyclic amines) is 1. The Morgan fingerprint density at radius 1 is 1.22 bits per heavy atom. The van der Waals surface area contributed by atoms with Gasteiger partial charge in [0, 0.05) is 29.2 Å². The summed E-state index contributed by atoms with van der Waals surface area (Å²) in [5.41, 5.74) is 2.77. The van der Waals surface area contributed by atoms with Gasteiger partial charge in [0.05, 0.1) is 12.9 Å². The van der Waals surface area contributed by atoms with Crippen LogP contribution in [0.3, 0.4) is 0 Å². The van der Waals surface area contributed by atoms with Crippen molar-refractivity contribution >= 4 is 5.91 Å². The van der Waals surface area contributed by atoms with Crippen LogP contribution in [0.15, 0.2) is 17.2 Å². The highest BCUT2D eigenvalue weighted by Crippen LogP contribution is 2.16. The molecule has 1 aliphatic heterocycles. The van der Waals surface area contributed by atoms with Crippen molar-refractivity contribution in [3.8, 4) is 6.01 Å². The summed E-state index contributed by atoms with van der Waals surface area (Å²) in [6, 6.07) is 2.24. The van der Waals surface area contributed by atoms with Crippen LogP contribution < -0.4 is 10.3 Å². The molecule has 2 aromatic rings. The van der Waals surface area contributed by atoms with Crippen molar-refractivity contribution in [2.24, 2.45) is 0 Å². The number of rotatable bonds is 4. The number of aryl methyl sites for hydroxylation is 3. The van der Waals surface area contributed by atoms with Crippen LogP contribution in [0.1, 0.15) is 35.5 Å². The van der Waals surface area contributed by atoms with Crippen molar-refractivity contribution in [1.29, 1.82) is 0 Å². The summed E-state index contributed by atoms with van der Waals surface area (Å²) in [5.74, 6) is -0.114. The van der Waals surface area contributed by atoms with Gasteiger partial charge in [0.2, 0.25) is 5.91 Å². The lowest BCUT2D eigenvalue weighted by atomic mass is 10.1. The number of ether oxygens (including phenoxy) is 1. The maximum absolute atomic E-state index is 12.7. The summed E-state index contributed by atoms with van der Waals surface area (Å²) in [7, 11) is 0. The number of aromatic nitrogens is 4. The molecule has 1 amide bonds. The third kappa shape index (κ3) is 4.50. The van der Waals surface area contributed by atoms with E-state index < -0.39 is 0 Å². The van der Waals surface area contributed by atoms with Crippen LogP contribution in [0.25, 0.3) is 0 Å². The second-order valence-corrected chi connectivity index (χ2v) is 7.04. The van der Waals surface area contributed by atoms with Gasteiger partial charge in [-0.05, 0) is 46.6 Å². The normalized spacial score (nSPS) is 17.0. The van der Waals surface area contributed by atoms with Gasteiger partial charge in [-0.25, -0.2) is 15.0 Å². The topological polar surface area (TPSA) is 90.2 Å². The van der Waals surface area contributed by atoms with E-state index in [1.54, 1.807) is 18.7 Å². The zero-order chi connectivity index (χ0) is 19.6. The molecule has 0 saturated carbocycles. The SMILES string of the molecule is Cc1cc(C)nc(OC2CCCN(C(=O)Cn3cnc(C)c(C)c3=O)C2)n1. The fraction of sp³-hybridized carbons (Fsp3) is 0.526.